The Bertz CT molecular complexity index is 723. The molecule has 1 radical (unpaired) electrons. The topological polar surface area (TPSA) is 0 Å². The minimum Gasteiger partial charge on any atom is -0.0616 e. The van der Waals surface area contributed by atoms with E-state index in [1.807, 2.05) is 6.07 Å². The van der Waals surface area contributed by atoms with E-state index in [4.69, 9.17) is 0 Å². The third kappa shape index (κ3) is 1.24. The second-order valence-corrected chi connectivity index (χ2v) is 4.60. The number of benzene rings is 3. The van der Waals surface area contributed by atoms with E-state index in [1.165, 1.54) is 33.0 Å². The molecule has 0 heteroatoms. The summed E-state index contributed by atoms with van der Waals surface area (Å²) in [6, 6.07) is 22.8. The molecule has 0 aromatic heterocycles. The average Bonchev–Trinajstić information content (AvgIpc) is 2.73. The SMILES string of the molecule is [c]1cccc2c1-c1cc3ccccc3cc1C2. The molecule has 0 unspecified atom stereocenters. The van der Waals surface area contributed by atoms with Crippen molar-refractivity contribution in [3.8, 4) is 11.1 Å². The summed E-state index contributed by atoms with van der Waals surface area (Å²) in [4.78, 5) is 0. The zero-order chi connectivity index (χ0) is 11.2. The standard InChI is InChI=1S/C17H11/c1-2-6-13-11-17-15(9-12(13)5-1)10-14-7-3-4-8-16(14)17/h1-7,9,11H,10H2. The molecule has 4 rings (SSSR count). The van der Waals surface area contributed by atoms with Gasteiger partial charge in [-0.2, -0.15) is 0 Å². The van der Waals surface area contributed by atoms with Gasteiger partial charge in [0.25, 0.3) is 0 Å². The minimum absolute atomic E-state index is 1.05. The van der Waals surface area contributed by atoms with E-state index in [-0.39, 0.29) is 0 Å². The van der Waals surface area contributed by atoms with Crippen LogP contribution in [0.5, 0.6) is 0 Å². The van der Waals surface area contributed by atoms with Crippen molar-refractivity contribution >= 4 is 10.8 Å². The Kier molecular flexibility index (Phi) is 1.70. The van der Waals surface area contributed by atoms with Crippen molar-refractivity contribution in [3.63, 3.8) is 0 Å². The fourth-order valence-electron chi connectivity index (χ4n) is 2.74. The molecule has 0 heterocycles. The molecule has 0 N–H and O–H groups in total. The molecule has 1 aliphatic carbocycles. The van der Waals surface area contributed by atoms with Crippen molar-refractivity contribution in [3.05, 3.63) is 71.8 Å². The Balaban J connectivity index is 2.07. The predicted molar refractivity (Wildman–Crippen MR) is 71.0 cm³/mol. The molecule has 0 atom stereocenters. The van der Waals surface area contributed by atoms with Crippen LogP contribution >= 0.6 is 0 Å². The Hall–Kier alpha value is -2.08. The molecule has 1 aliphatic rings. The van der Waals surface area contributed by atoms with Crippen LogP contribution in [0.2, 0.25) is 0 Å². The molecule has 17 heavy (non-hydrogen) atoms. The first-order chi connectivity index (χ1) is 8.42. The van der Waals surface area contributed by atoms with Crippen LogP contribution in [0.4, 0.5) is 0 Å². The fraction of sp³-hybridized carbons (Fsp3) is 0.0588. The first kappa shape index (κ1) is 9.00. The molecule has 0 saturated carbocycles. The van der Waals surface area contributed by atoms with Gasteiger partial charge in [-0.25, -0.2) is 0 Å². The van der Waals surface area contributed by atoms with E-state index in [0.717, 1.165) is 6.42 Å². The Morgan fingerprint density at radius 1 is 0.824 bits per heavy atom. The summed E-state index contributed by atoms with van der Waals surface area (Å²) in [6.45, 7) is 0. The summed E-state index contributed by atoms with van der Waals surface area (Å²) in [5.74, 6) is 0. The average molecular weight is 215 g/mol. The molecule has 0 saturated heterocycles. The molecule has 0 fully saturated rings. The van der Waals surface area contributed by atoms with Gasteiger partial charge in [-0.15, -0.1) is 0 Å². The van der Waals surface area contributed by atoms with E-state index in [0.29, 0.717) is 0 Å². The quantitative estimate of drug-likeness (QED) is 0.412. The van der Waals surface area contributed by atoms with Gasteiger partial charge in [0.15, 0.2) is 0 Å². The van der Waals surface area contributed by atoms with E-state index in [2.05, 4.69) is 54.6 Å². The van der Waals surface area contributed by atoms with Gasteiger partial charge in [-0.05, 0) is 51.6 Å². The minimum atomic E-state index is 1.05. The summed E-state index contributed by atoms with van der Waals surface area (Å²) in [7, 11) is 0. The van der Waals surface area contributed by atoms with Gasteiger partial charge < -0.3 is 0 Å². The summed E-state index contributed by atoms with van der Waals surface area (Å²) in [5.41, 5.74) is 5.48. The predicted octanol–water partition coefficient (Wildman–Crippen LogP) is 4.21. The van der Waals surface area contributed by atoms with Gasteiger partial charge >= 0.3 is 0 Å². The Labute approximate surface area is 101 Å². The molecule has 3 aromatic rings. The molecule has 0 nitrogen and oxygen atoms in total. The second kappa shape index (κ2) is 3.21. The highest BCUT2D eigenvalue weighted by molar-refractivity contribution is 5.91. The van der Waals surface area contributed by atoms with Crippen molar-refractivity contribution in [1.29, 1.82) is 0 Å². The van der Waals surface area contributed by atoms with Crippen LogP contribution in [0, 0.1) is 6.07 Å². The van der Waals surface area contributed by atoms with Gasteiger partial charge in [-0.1, -0.05) is 48.5 Å². The molecular formula is C17H11. The zero-order valence-corrected chi connectivity index (χ0v) is 9.40. The smallest absolute Gasteiger partial charge is 0.00130 e. The van der Waals surface area contributed by atoms with Gasteiger partial charge in [0.05, 0.1) is 0 Å². The van der Waals surface area contributed by atoms with Crippen molar-refractivity contribution in [2.24, 2.45) is 0 Å². The monoisotopic (exact) mass is 215 g/mol. The van der Waals surface area contributed by atoms with Crippen LogP contribution in [0.3, 0.4) is 0 Å². The lowest BCUT2D eigenvalue weighted by Gasteiger charge is -2.03. The first-order valence-electron chi connectivity index (χ1n) is 5.93. The third-order valence-corrected chi connectivity index (χ3v) is 3.56. The van der Waals surface area contributed by atoms with Crippen molar-refractivity contribution in [1.82, 2.24) is 0 Å². The summed E-state index contributed by atoms with van der Waals surface area (Å²) >= 11 is 0. The maximum absolute atomic E-state index is 3.37. The lowest BCUT2D eigenvalue weighted by molar-refractivity contribution is 1.27. The van der Waals surface area contributed by atoms with Crippen LogP contribution in [-0.2, 0) is 6.42 Å². The highest BCUT2D eigenvalue weighted by Crippen LogP contribution is 2.38. The molecule has 0 spiro atoms. The fourth-order valence-corrected chi connectivity index (χ4v) is 2.74. The number of rotatable bonds is 0. The Morgan fingerprint density at radius 2 is 1.65 bits per heavy atom. The van der Waals surface area contributed by atoms with Crippen LogP contribution in [0.25, 0.3) is 21.9 Å². The summed E-state index contributed by atoms with van der Waals surface area (Å²) in [6.07, 6.45) is 1.05. The summed E-state index contributed by atoms with van der Waals surface area (Å²) < 4.78 is 0. The van der Waals surface area contributed by atoms with Crippen molar-refractivity contribution in [2.75, 3.05) is 0 Å². The van der Waals surface area contributed by atoms with E-state index < -0.39 is 0 Å². The molecule has 0 aliphatic heterocycles. The molecule has 79 valence electrons. The lowest BCUT2D eigenvalue weighted by Crippen LogP contribution is -1.81. The van der Waals surface area contributed by atoms with Crippen molar-refractivity contribution in [2.45, 2.75) is 6.42 Å². The van der Waals surface area contributed by atoms with E-state index >= 15 is 0 Å². The van der Waals surface area contributed by atoms with Gasteiger partial charge in [0.2, 0.25) is 0 Å². The Morgan fingerprint density at radius 3 is 2.53 bits per heavy atom. The van der Waals surface area contributed by atoms with Crippen LogP contribution in [0.15, 0.2) is 54.6 Å². The van der Waals surface area contributed by atoms with Crippen LogP contribution < -0.4 is 0 Å². The number of hydrogen-bond donors (Lipinski definition) is 0. The van der Waals surface area contributed by atoms with E-state index in [9.17, 15) is 0 Å². The maximum atomic E-state index is 3.37. The number of fused-ring (bicyclic) bond motifs is 4. The second-order valence-electron chi connectivity index (χ2n) is 4.60. The van der Waals surface area contributed by atoms with Gasteiger partial charge in [-0.3, -0.25) is 0 Å². The molecular weight excluding hydrogens is 204 g/mol. The normalized spacial score (nSPS) is 12.5. The molecule has 3 aromatic carbocycles. The van der Waals surface area contributed by atoms with Gasteiger partial charge in [0.1, 0.15) is 0 Å². The van der Waals surface area contributed by atoms with Crippen molar-refractivity contribution < 1.29 is 0 Å². The highest BCUT2D eigenvalue weighted by Gasteiger charge is 2.18. The lowest BCUT2D eigenvalue weighted by atomic mass is 10.0. The van der Waals surface area contributed by atoms with Crippen LogP contribution in [0.1, 0.15) is 11.1 Å². The zero-order valence-electron chi connectivity index (χ0n) is 9.40. The largest absolute Gasteiger partial charge is 0.0616 e. The molecule has 0 amide bonds. The maximum Gasteiger partial charge on any atom is -0.00130 e. The third-order valence-electron chi connectivity index (χ3n) is 3.56. The summed E-state index contributed by atoms with van der Waals surface area (Å²) in [5, 5.41) is 2.65. The molecule has 0 bridgehead atoms. The number of hydrogen-bond acceptors (Lipinski definition) is 0. The van der Waals surface area contributed by atoms with Crippen LogP contribution in [-0.4, -0.2) is 0 Å². The van der Waals surface area contributed by atoms with Gasteiger partial charge in [0, 0.05) is 0 Å². The highest BCUT2D eigenvalue weighted by atomic mass is 14.2. The first-order valence-corrected chi connectivity index (χ1v) is 5.93. The van der Waals surface area contributed by atoms with E-state index in [1.54, 1.807) is 0 Å².